The highest BCUT2D eigenvalue weighted by atomic mass is 35.5. The highest BCUT2D eigenvalue weighted by Crippen LogP contribution is 2.43. The molecule has 0 unspecified atom stereocenters. The first kappa shape index (κ1) is 21.5. The van der Waals surface area contributed by atoms with Gasteiger partial charge in [0, 0.05) is 23.2 Å². The van der Waals surface area contributed by atoms with Gasteiger partial charge in [-0.2, -0.15) is 0 Å². The molecule has 0 aromatic heterocycles. The summed E-state index contributed by atoms with van der Waals surface area (Å²) in [5.41, 5.74) is 0.801. The third-order valence-corrected chi connectivity index (χ3v) is 6.89. The topological polar surface area (TPSA) is 15.3 Å². The lowest BCUT2D eigenvalue weighted by molar-refractivity contribution is -0.0473. The van der Waals surface area contributed by atoms with Crippen molar-refractivity contribution in [1.82, 2.24) is 9.74 Å². The molecule has 0 atom stereocenters. The Bertz CT molecular complexity index is 321. The van der Waals surface area contributed by atoms with Crippen LogP contribution in [0.15, 0.2) is 0 Å². The van der Waals surface area contributed by atoms with E-state index in [1.165, 1.54) is 70.8 Å². The molecule has 2 rings (SSSR count). The second-order valence-corrected chi connectivity index (χ2v) is 9.18. The largest absolute Gasteiger partial charge is 0.292 e. The van der Waals surface area contributed by atoms with Gasteiger partial charge in [-0.3, -0.25) is 4.90 Å². The maximum Gasteiger partial charge on any atom is 0.0287 e. The Kier molecular flexibility index (Phi) is 8.18. The van der Waals surface area contributed by atoms with Crippen LogP contribution >= 0.6 is 24.2 Å². The monoisotopic (exact) mass is 364 g/mol. The van der Waals surface area contributed by atoms with E-state index in [0.29, 0.717) is 11.1 Å². The predicted molar refractivity (Wildman–Crippen MR) is 105 cm³/mol. The van der Waals surface area contributed by atoms with Crippen molar-refractivity contribution in [2.75, 3.05) is 6.54 Å². The summed E-state index contributed by atoms with van der Waals surface area (Å²) in [5.74, 6) is 0. The molecule has 4 heteroatoms. The predicted octanol–water partition coefficient (Wildman–Crippen LogP) is 6.07. The van der Waals surface area contributed by atoms with Crippen LogP contribution in [0.3, 0.4) is 0 Å². The number of hydrogen-bond donors (Lipinski definition) is 1. The summed E-state index contributed by atoms with van der Waals surface area (Å²) in [6.07, 6.45) is 15.1. The van der Waals surface area contributed by atoms with Crippen molar-refractivity contribution in [2.45, 2.75) is 115 Å². The Labute approximate surface area is 155 Å². The zero-order chi connectivity index (χ0) is 16.3. The van der Waals surface area contributed by atoms with E-state index < -0.39 is 0 Å². The third-order valence-electron chi connectivity index (χ3n) is 6.38. The van der Waals surface area contributed by atoms with Crippen molar-refractivity contribution in [2.24, 2.45) is 0 Å². The summed E-state index contributed by atoms with van der Waals surface area (Å²) >= 11 is 5.95. The first-order valence-electron chi connectivity index (χ1n) is 9.47. The first-order valence-corrected chi connectivity index (χ1v) is 9.85. The number of rotatable bonds is 6. The zero-order valence-electron chi connectivity index (χ0n) is 15.7. The van der Waals surface area contributed by atoms with Gasteiger partial charge in [0.05, 0.1) is 0 Å². The molecule has 138 valence electrons. The van der Waals surface area contributed by atoms with Crippen molar-refractivity contribution in [3.63, 3.8) is 0 Å². The molecule has 2 nitrogen and oxygen atoms in total. The van der Waals surface area contributed by atoms with E-state index >= 15 is 0 Å². The number of nitrogens with one attached hydrogen (secondary N) is 1. The van der Waals surface area contributed by atoms with Gasteiger partial charge in [0.25, 0.3) is 0 Å². The summed E-state index contributed by atoms with van der Waals surface area (Å²) in [6, 6.07) is 0. The minimum Gasteiger partial charge on any atom is -0.292 e. The molecule has 1 N–H and O–H groups in total. The average Bonchev–Trinajstić information content (AvgIpc) is 2.48. The maximum absolute atomic E-state index is 5.95. The third kappa shape index (κ3) is 5.49. The molecule has 0 aliphatic heterocycles. The van der Waals surface area contributed by atoms with Crippen LogP contribution in [0.5, 0.6) is 0 Å². The molecule has 0 heterocycles. The Hall–Kier alpha value is 0.500. The molecule has 2 fully saturated rings. The van der Waals surface area contributed by atoms with Crippen molar-refractivity contribution < 1.29 is 0 Å². The smallest absolute Gasteiger partial charge is 0.0287 e. The van der Waals surface area contributed by atoms with E-state index in [0.717, 1.165) is 6.42 Å². The molecule has 2 saturated carbocycles. The first-order chi connectivity index (χ1) is 10.3. The summed E-state index contributed by atoms with van der Waals surface area (Å²) in [6.45, 7) is 10.7. The fourth-order valence-corrected chi connectivity index (χ4v) is 4.89. The lowest BCUT2D eigenvalue weighted by Gasteiger charge is -2.55. The van der Waals surface area contributed by atoms with E-state index in [4.69, 9.17) is 11.8 Å². The van der Waals surface area contributed by atoms with Gasteiger partial charge < -0.3 is 0 Å². The van der Waals surface area contributed by atoms with Crippen LogP contribution in [0.2, 0.25) is 0 Å². The number of hydrogen-bond acceptors (Lipinski definition) is 2. The molecule has 0 bridgehead atoms. The van der Waals surface area contributed by atoms with E-state index in [-0.39, 0.29) is 17.9 Å². The Morgan fingerprint density at radius 1 is 0.870 bits per heavy atom. The summed E-state index contributed by atoms with van der Waals surface area (Å²) in [7, 11) is 0. The van der Waals surface area contributed by atoms with Crippen molar-refractivity contribution in [3.05, 3.63) is 0 Å². The summed E-state index contributed by atoms with van der Waals surface area (Å²) in [4.78, 5) is 5.88. The standard InChI is InChI=1S/C19H37ClN2.ClH/c1-17(2,21-20)15-16-22(18(3)11-7-5-8-12-18)19(4)13-9-6-10-14-19;/h21H,5-16H2,1-4H3;1H. The fourth-order valence-electron chi connectivity index (χ4n) is 4.80. The lowest BCUT2D eigenvalue weighted by atomic mass is 9.74. The Morgan fingerprint density at radius 3 is 1.61 bits per heavy atom. The van der Waals surface area contributed by atoms with Crippen LogP contribution in [0, 0.1) is 0 Å². The van der Waals surface area contributed by atoms with Crippen LogP contribution in [-0.4, -0.2) is 28.1 Å². The van der Waals surface area contributed by atoms with E-state index in [9.17, 15) is 0 Å². The van der Waals surface area contributed by atoms with Gasteiger partial charge in [-0.05, 0) is 71.6 Å². The van der Waals surface area contributed by atoms with Gasteiger partial charge in [0.1, 0.15) is 0 Å². The van der Waals surface area contributed by atoms with Crippen LogP contribution in [0.25, 0.3) is 0 Å². The molecule has 0 radical (unpaired) electrons. The van der Waals surface area contributed by atoms with Gasteiger partial charge in [-0.15, -0.1) is 12.4 Å². The van der Waals surface area contributed by atoms with Gasteiger partial charge in [-0.25, -0.2) is 4.84 Å². The minimum absolute atomic E-state index is 0. The Balaban J connectivity index is 0.00000264. The molecule has 0 spiro atoms. The summed E-state index contributed by atoms with van der Waals surface area (Å²) in [5, 5.41) is 0. The maximum atomic E-state index is 5.95. The van der Waals surface area contributed by atoms with Crippen LogP contribution in [-0.2, 0) is 0 Å². The molecule has 23 heavy (non-hydrogen) atoms. The zero-order valence-corrected chi connectivity index (χ0v) is 17.3. The molecule has 0 aromatic carbocycles. The Morgan fingerprint density at radius 2 is 1.26 bits per heavy atom. The van der Waals surface area contributed by atoms with Crippen LogP contribution < -0.4 is 4.84 Å². The molecule has 0 saturated heterocycles. The quantitative estimate of drug-likeness (QED) is 0.575. The second kappa shape index (κ2) is 8.74. The highest BCUT2D eigenvalue weighted by Gasteiger charge is 2.44. The van der Waals surface area contributed by atoms with E-state index in [1.54, 1.807) is 0 Å². The SMILES string of the molecule is CC(C)(CCN(C1(C)CCCCC1)C1(C)CCCCC1)NCl.Cl. The summed E-state index contributed by atoms with van der Waals surface area (Å²) < 4.78 is 0. The molecular formula is C19H38Cl2N2. The second-order valence-electron chi connectivity index (χ2n) is 9.00. The molecule has 2 aliphatic rings. The van der Waals surface area contributed by atoms with Crippen molar-refractivity contribution in [1.29, 1.82) is 0 Å². The molecule has 0 amide bonds. The highest BCUT2D eigenvalue weighted by molar-refractivity contribution is 6.13. The van der Waals surface area contributed by atoms with Crippen molar-refractivity contribution in [3.8, 4) is 0 Å². The van der Waals surface area contributed by atoms with Gasteiger partial charge in [-0.1, -0.05) is 38.5 Å². The van der Waals surface area contributed by atoms with E-state index in [2.05, 4.69) is 37.4 Å². The van der Waals surface area contributed by atoms with Crippen molar-refractivity contribution >= 4 is 24.2 Å². The van der Waals surface area contributed by atoms with Gasteiger partial charge in [0.2, 0.25) is 0 Å². The molecule has 2 aliphatic carbocycles. The van der Waals surface area contributed by atoms with Crippen LogP contribution in [0.1, 0.15) is 98.3 Å². The van der Waals surface area contributed by atoms with Gasteiger partial charge in [0.15, 0.2) is 0 Å². The number of halogens is 2. The minimum atomic E-state index is 0. The molecular weight excluding hydrogens is 327 g/mol. The number of nitrogens with zero attached hydrogens (tertiary/aromatic N) is 1. The average molecular weight is 365 g/mol. The lowest BCUT2D eigenvalue weighted by Crippen LogP contribution is -2.60. The normalized spacial score (nSPS) is 24.3. The van der Waals surface area contributed by atoms with E-state index in [1.807, 2.05) is 0 Å². The van der Waals surface area contributed by atoms with Gasteiger partial charge >= 0.3 is 0 Å². The fraction of sp³-hybridized carbons (Fsp3) is 1.00. The molecule has 0 aromatic rings. The van der Waals surface area contributed by atoms with Crippen LogP contribution in [0.4, 0.5) is 0 Å².